The third kappa shape index (κ3) is 2.29. The molecule has 1 saturated carbocycles. The van der Waals surface area contributed by atoms with Gasteiger partial charge in [0.2, 0.25) is 0 Å². The molecule has 11 heavy (non-hydrogen) atoms. The molecule has 1 aliphatic carbocycles. The molecule has 0 heterocycles. The van der Waals surface area contributed by atoms with Gasteiger partial charge < -0.3 is 9.69 Å². The normalized spacial score (nSPS) is 31.2. The molecule has 0 amide bonds. The van der Waals surface area contributed by atoms with Crippen molar-refractivity contribution in [2.75, 3.05) is 20.6 Å². The summed E-state index contributed by atoms with van der Waals surface area (Å²) in [5, 5.41) is 0. The third-order valence-electron chi connectivity index (χ3n) is 2.49. The predicted molar refractivity (Wildman–Crippen MR) is 45.4 cm³/mol. The number of hydrogen-bond donors (Lipinski definition) is 0. The van der Waals surface area contributed by atoms with Gasteiger partial charge in [-0.2, -0.15) is 0 Å². The van der Waals surface area contributed by atoms with Gasteiger partial charge in [-0.25, -0.2) is 0 Å². The molecule has 64 valence electrons. The second-order valence-corrected chi connectivity index (χ2v) is 3.75. The summed E-state index contributed by atoms with van der Waals surface area (Å²) in [6.07, 6.45) is 4.73. The summed E-state index contributed by atoms with van der Waals surface area (Å²) >= 11 is 0. The fourth-order valence-corrected chi connectivity index (χ4v) is 1.94. The Morgan fingerprint density at radius 2 is 2.18 bits per heavy atom. The highest BCUT2D eigenvalue weighted by molar-refractivity contribution is 5.54. The molecule has 2 heteroatoms. The minimum atomic E-state index is 0.345. The van der Waals surface area contributed by atoms with E-state index in [1.165, 1.54) is 12.8 Å². The Balaban J connectivity index is 2.37. The lowest BCUT2D eigenvalue weighted by Crippen LogP contribution is -2.24. The summed E-state index contributed by atoms with van der Waals surface area (Å²) in [7, 11) is 4.14. The number of aldehydes is 1. The van der Waals surface area contributed by atoms with Crippen LogP contribution in [0.3, 0.4) is 0 Å². The Bertz CT molecular complexity index is 134. The Kier molecular flexibility index (Phi) is 3.06. The van der Waals surface area contributed by atoms with Crippen LogP contribution in [0.4, 0.5) is 0 Å². The topological polar surface area (TPSA) is 20.3 Å². The van der Waals surface area contributed by atoms with E-state index in [9.17, 15) is 4.79 Å². The van der Waals surface area contributed by atoms with E-state index >= 15 is 0 Å². The lowest BCUT2D eigenvalue weighted by molar-refractivity contribution is -0.112. The van der Waals surface area contributed by atoms with Crippen molar-refractivity contribution in [1.29, 1.82) is 0 Å². The van der Waals surface area contributed by atoms with E-state index in [-0.39, 0.29) is 0 Å². The molecule has 0 aliphatic heterocycles. The van der Waals surface area contributed by atoms with E-state index in [1.807, 2.05) is 0 Å². The summed E-state index contributed by atoms with van der Waals surface area (Å²) < 4.78 is 0. The van der Waals surface area contributed by atoms with Gasteiger partial charge in [-0.15, -0.1) is 0 Å². The lowest BCUT2D eigenvalue weighted by atomic mass is 9.97. The fraction of sp³-hybridized carbons (Fsp3) is 0.889. The average molecular weight is 155 g/mol. The molecule has 0 aromatic heterocycles. The zero-order valence-electron chi connectivity index (χ0n) is 7.42. The highest BCUT2D eigenvalue weighted by atomic mass is 16.1. The highest BCUT2D eigenvalue weighted by Gasteiger charge is 2.26. The lowest BCUT2D eigenvalue weighted by Gasteiger charge is -2.18. The first-order chi connectivity index (χ1) is 5.24. The van der Waals surface area contributed by atoms with Crippen molar-refractivity contribution in [3.05, 3.63) is 0 Å². The van der Waals surface area contributed by atoms with Crippen LogP contribution in [0.25, 0.3) is 0 Å². The maximum Gasteiger partial charge on any atom is 0.123 e. The average Bonchev–Trinajstić information content (AvgIpc) is 2.34. The van der Waals surface area contributed by atoms with E-state index in [0.717, 1.165) is 19.3 Å². The fourth-order valence-electron chi connectivity index (χ4n) is 1.94. The number of hydrogen-bond acceptors (Lipinski definition) is 2. The van der Waals surface area contributed by atoms with Crippen LogP contribution in [0.15, 0.2) is 0 Å². The van der Waals surface area contributed by atoms with Gasteiger partial charge >= 0.3 is 0 Å². The molecule has 0 saturated heterocycles. The van der Waals surface area contributed by atoms with Gasteiger partial charge in [-0.3, -0.25) is 0 Å². The molecule has 2 nitrogen and oxygen atoms in total. The molecule has 0 spiro atoms. The van der Waals surface area contributed by atoms with Crippen LogP contribution in [0.2, 0.25) is 0 Å². The van der Waals surface area contributed by atoms with E-state index in [1.54, 1.807) is 0 Å². The van der Waals surface area contributed by atoms with Crippen LogP contribution in [0, 0.1) is 11.8 Å². The van der Waals surface area contributed by atoms with Crippen molar-refractivity contribution in [2.24, 2.45) is 11.8 Å². The van der Waals surface area contributed by atoms with Gasteiger partial charge in [0, 0.05) is 12.5 Å². The Hall–Kier alpha value is -0.370. The first-order valence-electron chi connectivity index (χ1n) is 4.34. The molecule has 1 rings (SSSR count). The van der Waals surface area contributed by atoms with Crippen LogP contribution >= 0.6 is 0 Å². The number of nitrogens with zero attached hydrogens (tertiary/aromatic N) is 1. The zero-order chi connectivity index (χ0) is 8.27. The van der Waals surface area contributed by atoms with Crippen molar-refractivity contribution in [3.63, 3.8) is 0 Å². The van der Waals surface area contributed by atoms with Crippen molar-refractivity contribution in [1.82, 2.24) is 4.90 Å². The summed E-state index contributed by atoms with van der Waals surface area (Å²) in [5.74, 6) is 0.972. The molecule has 0 aromatic rings. The maximum absolute atomic E-state index is 10.6. The molecule has 0 radical (unpaired) electrons. The van der Waals surface area contributed by atoms with Crippen LogP contribution in [-0.2, 0) is 4.79 Å². The minimum absolute atomic E-state index is 0.345. The Labute approximate surface area is 68.6 Å². The van der Waals surface area contributed by atoms with Gasteiger partial charge in [0.15, 0.2) is 0 Å². The molecule has 2 atom stereocenters. The van der Waals surface area contributed by atoms with Crippen LogP contribution in [-0.4, -0.2) is 31.8 Å². The molecular weight excluding hydrogens is 138 g/mol. The zero-order valence-corrected chi connectivity index (χ0v) is 7.42. The number of rotatable bonds is 3. The summed E-state index contributed by atoms with van der Waals surface area (Å²) in [6, 6.07) is 0. The van der Waals surface area contributed by atoms with Gasteiger partial charge in [0.05, 0.1) is 0 Å². The SMILES string of the molecule is CN(C)CC1CCCC1C=O. The predicted octanol–water partition coefficient (Wildman–Crippen LogP) is 1.16. The Morgan fingerprint density at radius 3 is 2.73 bits per heavy atom. The monoisotopic (exact) mass is 155 g/mol. The molecule has 1 fully saturated rings. The summed E-state index contributed by atoms with van der Waals surface area (Å²) in [6.45, 7) is 1.07. The van der Waals surface area contributed by atoms with Crippen LogP contribution < -0.4 is 0 Å². The smallest absolute Gasteiger partial charge is 0.123 e. The molecule has 0 aromatic carbocycles. The molecule has 2 unspecified atom stereocenters. The van der Waals surface area contributed by atoms with Gasteiger partial charge in [-0.1, -0.05) is 6.42 Å². The highest BCUT2D eigenvalue weighted by Crippen LogP contribution is 2.30. The Morgan fingerprint density at radius 1 is 1.45 bits per heavy atom. The third-order valence-corrected chi connectivity index (χ3v) is 2.49. The second-order valence-electron chi connectivity index (χ2n) is 3.75. The summed E-state index contributed by atoms with van der Waals surface area (Å²) in [5.41, 5.74) is 0. The van der Waals surface area contributed by atoms with Crippen molar-refractivity contribution in [2.45, 2.75) is 19.3 Å². The van der Waals surface area contributed by atoms with Gasteiger partial charge in [0.1, 0.15) is 6.29 Å². The first-order valence-corrected chi connectivity index (χ1v) is 4.34. The van der Waals surface area contributed by atoms with Crippen molar-refractivity contribution >= 4 is 6.29 Å². The van der Waals surface area contributed by atoms with E-state index in [4.69, 9.17) is 0 Å². The van der Waals surface area contributed by atoms with E-state index in [2.05, 4.69) is 19.0 Å². The largest absolute Gasteiger partial charge is 0.309 e. The standard InChI is InChI=1S/C9H17NO/c1-10(2)6-8-4-3-5-9(8)7-11/h7-9H,3-6H2,1-2H3. The number of carbonyl (C=O) groups excluding carboxylic acids is 1. The maximum atomic E-state index is 10.6. The van der Waals surface area contributed by atoms with E-state index in [0.29, 0.717) is 11.8 Å². The number of carbonyl (C=O) groups is 1. The van der Waals surface area contributed by atoms with Crippen LogP contribution in [0.5, 0.6) is 0 Å². The minimum Gasteiger partial charge on any atom is -0.309 e. The van der Waals surface area contributed by atoms with Crippen molar-refractivity contribution < 1.29 is 4.79 Å². The van der Waals surface area contributed by atoms with Crippen molar-refractivity contribution in [3.8, 4) is 0 Å². The molecular formula is C9H17NO. The molecule has 0 bridgehead atoms. The second kappa shape index (κ2) is 3.86. The molecule has 1 aliphatic rings. The van der Waals surface area contributed by atoms with E-state index < -0.39 is 0 Å². The first kappa shape index (κ1) is 8.72. The summed E-state index contributed by atoms with van der Waals surface area (Å²) in [4.78, 5) is 12.8. The van der Waals surface area contributed by atoms with Gasteiger partial charge in [0.25, 0.3) is 0 Å². The molecule has 0 N–H and O–H groups in total. The quantitative estimate of drug-likeness (QED) is 0.570. The van der Waals surface area contributed by atoms with Gasteiger partial charge in [-0.05, 0) is 32.9 Å². The van der Waals surface area contributed by atoms with Crippen LogP contribution in [0.1, 0.15) is 19.3 Å².